The standard InChI is InChI=1S/C22H28N2O2/c25-22(15-17-9-10-18-6-1-2-7-19(18)14-17)23-16-20(21-8-5-13-26-21)24-11-3-4-12-24/h5,8-10,13-14,20H,1-4,6-7,11-12,15-16H2,(H,23,25)/t20-/m0/s1. The van der Waals surface area contributed by atoms with Gasteiger partial charge >= 0.3 is 0 Å². The highest BCUT2D eigenvalue weighted by Crippen LogP contribution is 2.25. The van der Waals surface area contributed by atoms with Crippen molar-refractivity contribution in [2.45, 2.75) is 51.0 Å². The third-order valence-electron chi connectivity index (χ3n) is 5.72. The van der Waals surface area contributed by atoms with Gasteiger partial charge in [-0.15, -0.1) is 0 Å². The third kappa shape index (κ3) is 4.01. The van der Waals surface area contributed by atoms with E-state index in [1.807, 2.05) is 12.1 Å². The quantitative estimate of drug-likeness (QED) is 0.863. The summed E-state index contributed by atoms with van der Waals surface area (Å²) in [6.07, 6.45) is 9.51. The molecule has 4 heteroatoms. The molecule has 1 amide bonds. The van der Waals surface area contributed by atoms with Crippen LogP contribution in [0.1, 0.15) is 54.2 Å². The molecule has 1 atom stereocenters. The summed E-state index contributed by atoms with van der Waals surface area (Å²) in [5.41, 5.74) is 4.03. The highest BCUT2D eigenvalue weighted by atomic mass is 16.3. The van der Waals surface area contributed by atoms with Crippen molar-refractivity contribution in [3.63, 3.8) is 0 Å². The summed E-state index contributed by atoms with van der Waals surface area (Å²) in [6.45, 7) is 2.76. The number of furan rings is 1. The number of hydrogen-bond acceptors (Lipinski definition) is 3. The first-order chi connectivity index (χ1) is 12.8. The SMILES string of the molecule is O=C(Cc1ccc2c(c1)CCCC2)NC[C@@H](c1ccco1)N1CCCC1. The normalized spacial score (nSPS) is 18.5. The van der Waals surface area contributed by atoms with Crippen LogP contribution in [0.3, 0.4) is 0 Å². The Morgan fingerprint density at radius 3 is 2.65 bits per heavy atom. The van der Waals surface area contributed by atoms with Gasteiger partial charge in [0.05, 0.1) is 18.7 Å². The first kappa shape index (κ1) is 17.3. The second-order valence-electron chi connectivity index (χ2n) is 7.57. The Morgan fingerprint density at radius 2 is 1.88 bits per heavy atom. The fourth-order valence-electron chi connectivity index (χ4n) is 4.30. The minimum Gasteiger partial charge on any atom is -0.468 e. The van der Waals surface area contributed by atoms with Gasteiger partial charge < -0.3 is 9.73 Å². The molecule has 1 aromatic heterocycles. The van der Waals surface area contributed by atoms with Crippen LogP contribution in [0.4, 0.5) is 0 Å². The van der Waals surface area contributed by atoms with Crippen LogP contribution in [0, 0.1) is 0 Å². The fraction of sp³-hybridized carbons (Fsp3) is 0.500. The maximum Gasteiger partial charge on any atom is 0.224 e. The van der Waals surface area contributed by atoms with Crippen LogP contribution >= 0.6 is 0 Å². The molecule has 0 radical (unpaired) electrons. The Labute approximate surface area is 155 Å². The van der Waals surface area contributed by atoms with Gasteiger partial charge in [0, 0.05) is 6.54 Å². The maximum atomic E-state index is 12.5. The lowest BCUT2D eigenvalue weighted by Crippen LogP contribution is -2.37. The zero-order chi connectivity index (χ0) is 17.8. The van der Waals surface area contributed by atoms with Crippen LogP contribution < -0.4 is 5.32 Å². The molecule has 138 valence electrons. The van der Waals surface area contributed by atoms with Gasteiger partial charge in [0.15, 0.2) is 0 Å². The van der Waals surface area contributed by atoms with Crippen molar-refractivity contribution >= 4 is 5.91 Å². The van der Waals surface area contributed by atoms with Gasteiger partial charge in [-0.2, -0.15) is 0 Å². The monoisotopic (exact) mass is 352 g/mol. The third-order valence-corrected chi connectivity index (χ3v) is 5.72. The van der Waals surface area contributed by atoms with E-state index in [0.717, 1.165) is 30.8 Å². The number of fused-ring (bicyclic) bond motifs is 1. The number of carbonyl (C=O) groups excluding carboxylic acids is 1. The van der Waals surface area contributed by atoms with Crippen LogP contribution in [-0.2, 0) is 24.1 Å². The molecular weight excluding hydrogens is 324 g/mol. The molecule has 1 aliphatic heterocycles. The molecule has 1 aromatic carbocycles. The molecule has 2 aromatic rings. The van der Waals surface area contributed by atoms with Gasteiger partial charge in [0.2, 0.25) is 5.91 Å². The van der Waals surface area contributed by atoms with Gasteiger partial charge in [-0.25, -0.2) is 0 Å². The topological polar surface area (TPSA) is 45.5 Å². The molecule has 2 heterocycles. The minimum atomic E-state index is 0.0940. The Balaban J connectivity index is 1.36. The average Bonchev–Trinajstić information content (AvgIpc) is 3.36. The van der Waals surface area contributed by atoms with Gasteiger partial charge in [0.25, 0.3) is 0 Å². The molecule has 1 saturated heterocycles. The van der Waals surface area contributed by atoms with E-state index in [4.69, 9.17) is 4.42 Å². The number of nitrogens with zero attached hydrogens (tertiary/aromatic N) is 1. The molecule has 0 saturated carbocycles. The second kappa shape index (κ2) is 8.09. The number of carbonyl (C=O) groups is 1. The fourth-order valence-corrected chi connectivity index (χ4v) is 4.30. The second-order valence-corrected chi connectivity index (χ2v) is 7.57. The van der Waals surface area contributed by atoms with Crippen LogP contribution in [0.15, 0.2) is 41.0 Å². The summed E-state index contributed by atoms with van der Waals surface area (Å²) in [4.78, 5) is 14.9. The molecule has 0 spiro atoms. The molecule has 26 heavy (non-hydrogen) atoms. The Bertz CT molecular complexity index is 733. The Kier molecular flexibility index (Phi) is 5.40. The van der Waals surface area contributed by atoms with Crippen molar-refractivity contribution in [1.29, 1.82) is 0 Å². The zero-order valence-electron chi connectivity index (χ0n) is 15.4. The van der Waals surface area contributed by atoms with Gasteiger partial charge in [-0.05, 0) is 80.4 Å². The lowest BCUT2D eigenvalue weighted by molar-refractivity contribution is -0.120. The molecule has 4 nitrogen and oxygen atoms in total. The molecule has 1 aliphatic carbocycles. The highest BCUT2D eigenvalue weighted by molar-refractivity contribution is 5.78. The van der Waals surface area contributed by atoms with Crippen molar-refractivity contribution < 1.29 is 9.21 Å². The zero-order valence-corrected chi connectivity index (χ0v) is 15.4. The first-order valence-corrected chi connectivity index (χ1v) is 9.94. The summed E-state index contributed by atoms with van der Waals surface area (Å²) >= 11 is 0. The highest BCUT2D eigenvalue weighted by Gasteiger charge is 2.25. The summed E-state index contributed by atoms with van der Waals surface area (Å²) in [5.74, 6) is 1.04. The largest absolute Gasteiger partial charge is 0.468 e. The van der Waals surface area contributed by atoms with Gasteiger partial charge in [0.1, 0.15) is 5.76 Å². The molecular formula is C22H28N2O2. The van der Waals surface area contributed by atoms with Gasteiger partial charge in [-0.3, -0.25) is 9.69 Å². The summed E-state index contributed by atoms with van der Waals surface area (Å²) < 4.78 is 5.63. The van der Waals surface area contributed by atoms with Crippen LogP contribution in [0.25, 0.3) is 0 Å². The van der Waals surface area contributed by atoms with Crippen molar-refractivity contribution in [2.75, 3.05) is 19.6 Å². The summed E-state index contributed by atoms with van der Waals surface area (Å²) in [6, 6.07) is 10.6. The van der Waals surface area contributed by atoms with Crippen LogP contribution in [0.5, 0.6) is 0 Å². The molecule has 0 bridgehead atoms. The van der Waals surface area contributed by atoms with E-state index in [-0.39, 0.29) is 11.9 Å². The molecule has 1 fully saturated rings. The number of amides is 1. The van der Waals surface area contributed by atoms with E-state index < -0.39 is 0 Å². The minimum absolute atomic E-state index is 0.0940. The van der Waals surface area contributed by atoms with E-state index in [9.17, 15) is 4.79 Å². The number of hydrogen-bond donors (Lipinski definition) is 1. The van der Waals surface area contributed by atoms with Crippen molar-refractivity contribution in [3.8, 4) is 0 Å². The first-order valence-electron chi connectivity index (χ1n) is 9.94. The smallest absolute Gasteiger partial charge is 0.224 e. The predicted molar refractivity (Wildman–Crippen MR) is 102 cm³/mol. The van der Waals surface area contributed by atoms with E-state index >= 15 is 0 Å². The Morgan fingerprint density at radius 1 is 1.08 bits per heavy atom. The number of nitrogens with one attached hydrogen (secondary N) is 1. The Hall–Kier alpha value is -2.07. The van der Waals surface area contributed by atoms with Crippen LogP contribution in [0.2, 0.25) is 0 Å². The lowest BCUT2D eigenvalue weighted by atomic mass is 9.90. The summed E-state index contributed by atoms with van der Waals surface area (Å²) in [5, 5.41) is 3.14. The molecule has 4 rings (SSSR count). The van der Waals surface area contributed by atoms with E-state index in [1.165, 1.54) is 43.2 Å². The van der Waals surface area contributed by atoms with E-state index in [1.54, 1.807) is 6.26 Å². The van der Waals surface area contributed by atoms with Crippen molar-refractivity contribution in [1.82, 2.24) is 10.2 Å². The predicted octanol–water partition coefficient (Wildman–Crippen LogP) is 3.65. The molecule has 2 aliphatic rings. The molecule has 0 unspecified atom stereocenters. The van der Waals surface area contributed by atoms with E-state index in [2.05, 4.69) is 28.4 Å². The maximum absolute atomic E-state index is 12.5. The van der Waals surface area contributed by atoms with Crippen molar-refractivity contribution in [3.05, 3.63) is 59.0 Å². The lowest BCUT2D eigenvalue weighted by Gasteiger charge is -2.26. The number of benzene rings is 1. The molecule has 1 N–H and O–H groups in total. The van der Waals surface area contributed by atoms with Crippen molar-refractivity contribution in [2.24, 2.45) is 0 Å². The van der Waals surface area contributed by atoms with Gasteiger partial charge in [-0.1, -0.05) is 18.2 Å². The number of rotatable bonds is 6. The number of likely N-dealkylation sites (tertiary alicyclic amines) is 1. The van der Waals surface area contributed by atoms with E-state index in [0.29, 0.717) is 13.0 Å². The average molecular weight is 352 g/mol. The van der Waals surface area contributed by atoms with Crippen LogP contribution in [-0.4, -0.2) is 30.4 Å². The number of aryl methyl sites for hydroxylation is 2. The summed E-state index contributed by atoms with van der Waals surface area (Å²) in [7, 11) is 0.